The maximum absolute atomic E-state index is 10.1. The highest BCUT2D eigenvalue weighted by Crippen LogP contribution is 1.95. The van der Waals surface area contributed by atoms with Crippen LogP contribution in [-0.2, 0) is 16.0 Å². The zero-order chi connectivity index (χ0) is 11.1. The summed E-state index contributed by atoms with van der Waals surface area (Å²) in [5, 5.41) is 2.14. The van der Waals surface area contributed by atoms with Crippen LogP contribution < -0.4 is 11.1 Å². The number of aromatic nitrogens is 2. The monoisotopic (exact) mass is 210 g/mol. The van der Waals surface area contributed by atoms with Gasteiger partial charge in [0, 0.05) is 25.5 Å². The number of aromatic amines is 1. The molecule has 6 heteroatoms. The van der Waals surface area contributed by atoms with Crippen LogP contribution in [0, 0.1) is 0 Å². The molecule has 4 N–H and O–H groups in total. The second-order valence-corrected chi connectivity index (χ2v) is 3.07. The molecular weight excluding hydrogens is 196 g/mol. The standard InChI is InChI=1S/C5H9N3.C4H5NO2/c6-2-1-5-3-7-4-8-5;6-3-1-2-4(7)5-3/h3-4H,1-2,6H2,(H,7,8);1-2H2,(H,5,6,7). The molecule has 0 spiro atoms. The van der Waals surface area contributed by atoms with E-state index in [1.54, 1.807) is 6.33 Å². The first kappa shape index (κ1) is 11.4. The van der Waals surface area contributed by atoms with Gasteiger partial charge in [0.25, 0.3) is 0 Å². The van der Waals surface area contributed by atoms with Crippen molar-refractivity contribution >= 4 is 11.8 Å². The van der Waals surface area contributed by atoms with Crippen LogP contribution in [0.3, 0.4) is 0 Å². The Morgan fingerprint density at radius 2 is 2.00 bits per heavy atom. The Morgan fingerprint density at radius 1 is 1.33 bits per heavy atom. The molecule has 82 valence electrons. The summed E-state index contributed by atoms with van der Waals surface area (Å²) in [7, 11) is 0. The minimum absolute atomic E-state index is 0.148. The lowest BCUT2D eigenvalue weighted by molar-refractivity contribution is -0.124. The average molecular weight is 210 g/mol. The number of nitrogens with zero attached hydrogens (tertiary/aromatic N) is 1. The molecule has 2 rings (SSSR count). The van der Waals surface area contributed by atoms with E-state index < -0.39 is 0 Å². The van der Waals surface area contributed by atoms with Crippen molar-refractivity contribution < 1.29 is 9.59 Å². The Labute approximate surface area is 87.3 Å². The summed E-state index contributed by atoms with van der Waals surface area (Å²) < 4.78 is 0. The summed E-state index contributed by atoms with van der Waals surface area (Å²) in [6, 6.07) is 0. The Morgan fingerprint density at radius 3 is 2.33 bits per heavy atom. The first-order chi connectivity index (χ1) is 7.22. The van der Waals surface area contributed by atoms with Gasteiger partial charge in [-0.3, -0.25) is 14.9 Å². The van der Waals surface area contributed by atoms with E-state index in [0.717, 1.165) is 12.1 Å². The lowest BCUT2D eigenvalue weighted by atomic mass is 10.3. The van der Waals surface area contributed by atoms with Gasteiger partial charge in [-0.2, -0.15) is 0 Å². The molecular formula is C9H14N4O2. The maximum atomic E-state index is 10.1. The second-order valence-electron chi connectivity index (χ2n) is 3.07. The Kier molecular flexibility index (Phi) is 4.49. The molecule has 0 bridgehead atoms. The average Bonchev–Trinajstić information content (AvgIpc) is 2.80. The molecule has 0 atom stereocenters. The zero-order valence-electron chi connectivity index (χ0n) is 8.32. The highest BCUT2D eigenvalue weighted by molar-refractivity contribution is 6.01. The van der Waals surface area contributed by atoms with Crippen LogP contribution >= 0.6 is 0 Å². The van der Waals surface area contributed by atoms with Gasteiger partial charge in [0.05, 0.1) is 12.0 Å². The van der Waals surface area contributed by atoms with Gasteiger partial charge in [-0.05, 0) is 6.54 Å². The lowest BCUT2D eigenvalue weighted by Crippen LogP contribution is -2.18. The lowest BCUT2D eigenvalue weighted by Gasteiger charge is -1.85. The molecule has 2 heterocycles. The number of carbonyl (C=O) groups excluding carboxylic acids is 2. The number of hydrogen-bond acceptors (Lipinski definition) is 4. The van der Waals surface area contributed by atoms with Crippen molar-refractivity contribution in [2.45, 2.75) is 19.3 Å². The number of nitrogens with one attached hydrogen (secondary N) is 2. The summed E-state index contributed by atoms with van der Waals surface area (Å²) >= 11 is 0. The van der Waals surface area contributed by atoms with Gasteiger partial charge in [-0.25, -0.2) is 4.98 Å². The fourth-order valence-electron chi connectivity index (χ4n) is 1.08. The molecule has 1 aromatic rings. The predicted molar refractivity (Wildman–Crippen MR) is 53.7 cm³/mol. The van der Waals surface area contributed by atoms with Crippen molar-refractivity contribution in [2.75, 3.05) is 6.54 Å². The van der Waals surface area contributed by atoms with Crippen LogP contribution in [0.2, 0.25) is 0 Å². The fraction of sp³-hybridized carbons (Fsp3) is 0.444. The number of imide groups is 1. The van der Waals surface area contributed by atoms with Crippen molar-refractivity contribution in [2.24, 2.45) is 5.73 Å². The third kappa shape index (κ3) is 4.37. The smallest absolute Gasteiger partial charge is 0.227 e. The predicted octanol–water partition coefficient (Wildman–Crippen LogP) is -0.666. The highest BCUT2D eigenvalue weighted by atomic mass is 16.2. The Hall–Kier alpha value is -1.69. The molecule has 0 aromatic carbocycles. The van der Waals surface area contributed by atoms with Crippen LogP contribution in [0.25, 0.3) is 0 Å². The summed E-state index contributed by atoms with van der Waals surface area (Å²) in [6.07, 6.45) is 5.12. The van der Waals surface area contributed by atoms with Gasteiger partial charge in [0.15, 0.2) is 0 Å². The van der Waals surface area contributed by atoms with Crippen LogP contribution in [0.4, 0.5) is 0 Å². The van der Waals surface area contributed by atoms with Crippen LogP contribution in [-0.4, -0.2) is 28.3 Å². The van der Waals surface area contributed by atoms with Gasteiger partial charge in [-0.1, -0.05) is 0 Å². The summed E-state index contributed by atoms with van der Waals surface area (Å²) in [4.78, 5) is 27.1. The fourth-order valence-corrected chi connectivity index (χ4v) is 1.08. The Balaban J connectivity index is 0.000000151. The number of amides is 2. The molecule has 0 aliphatic carbocycles. The molecule has 15 heavy (non-hydrogen) atoms. The highest BCUT2D eigenvalue weighted by Gasteiger charge is 2.15. The maximum Gasteiger partial charge on any atom is 0.227 e. The van der Waals surface area contributed by atoms with E-state index in [1.807, 2.05) is 6.20 Å². The van der Waals surface area contributed by atoms with Crippen molar-refractivity contribution in [1.82, 2.24) is 15.3 Å². The van der Waals surface area contributed by atoms with Gasteiger partial charge in [0.2, 0.25) is 11.8 Å². The molecule has 0 unspecified atom stereocenters. The van der Waals surface area contributed by atoms with E-state index >= 15 is 0 Å². The van der Waals surface area contributed by atoms with Crippen molar-refractivity contribution in [3.05, 3.63) is 18.2 Å². The van der Waals surface area contributed by atoms with Crippen LogP contribution in [0.1, 0.15) is 18.5 Å². The van der Waals surface area contributed by atoms with Crippen molar-refractivity contribution in [3.8, 4) is 0 Å². The first-order valence-corrected chi connectivity index (χ1v) is 4.72. The number of rotatable bonds is 2. The van der Waals surface area contributed by atoms with Crippen LogP contribution in [0.15, 0.2) is 12.5 Å². The quantitative estimate of drug-likeness (QED) is 0.564. The molecule has 2 amide bonds. The van der Waals surface area contributed by atoms with Gasteiger partial charge in [-0.15, -0.1) is 0 Å². The van der Waals surface area contributed by atoms with Gasteiger partial charge >= 0.3 is 0 Å². The molecule has 1 aliphatic heterocycles. The summed E-state index contributed by atoms with van der Waals surface area (Å²) in [5.41, 5.74) is 6.30. The topological polar surface area (TPSA) is 101 Å². The molecule has 0 saturated carbocycles. The SMILES string of the molecule is NCCc1c[nH]cn1.O=C1CCC(=O)N1. The van der Waals surface area contributed by atoms with Gasteiger partial charge < -0.3 is 10.7 Å². The summed E-state index contributed by atoms with van der Waals surface area (Å²) in [6.45, 7) is 0.671. The molecule has 1 fully saturated rings. The zero-order valence-corrected chi connectivity index (χ0v) is 8.32. The van der Waals surface area contributed by atoms with E-state index in [1.165, 1.54) is 0 Å². The minimum Gasteiger partial charge on any atom is -0.351 e. The Bertz CT molecular complexity index is 307. The molecule has 1 aliphatic rings. The molecule has 1 aromatic heterocycles. The van der Waals surface area contributed by atoms with E-state index in [9.17, 15) is 9.59 Å². The number of hydrogen-bond donors (Lipinski definition) is 3. The van der Waals surface area contributed by atoms with Crippen LogP contribution in [0.5, 0.6) is 0 Å². The van der Waals surface area contributed by atoms with E-state index in [-0.39, 0.29) is 11.8 Å². The molecule has 0 radical (unpaired) electrons. The second kappa shape index (κ2) is 5.92. The molecule has 6 nitrogen and oxygen atoms in total. The van der Waals surface area contributed by atoms with E-state index in [4.69, 9.17) is 5.73 Å². The number of carbonyl (C=O) groups is 2. The number of imidazole rings is 1. The van der Waals surface area contributed by atoms with Crippen molar-refractivity contribution in [1.29, 1.82) is 0 Å². The van der Waals surface area contributed by atoms with E-state index in [0.29, 0.717) is 19.4 Å². The summed E-state index contributed by atoms with van der Waals surface area (Å²) in [5.74, 6) is -0.296. The first-order valence-electron chi connectivity index (χ1n) is 4.72. The third-order valence-electron chi connectivity index (χ3n) is 1.81. The largest absolute Gasteiger partial charge is 0.351 e. The normalized spacial score (nSPS) is 14.5. The minimum atomic E-state index is -0.148. The number of nitrogens with two attached hydrogens (primary N) is 1. The van der Waals surface area contributed by atoms with E-state index in [2.05, 4.69) is 15.3 Å². The third-order valence-corrected chi connectivity index (χ3v) is 1.81. The van der Waals surface area contributed by atoms with Gasteiger partial charge in [0.1, 0.15) is 0 Å². The van der Waals surface area contributed by atoms with Crippen molar-refractivity contribution in [3.63, 3.8) is 0 Å². The molecule has 1 saturated heterocycles. The number of H-pyrrole nitrogens is 1.